The molecule has 0 saturated carbocycles. The molecule has 0 bridgehead atoms. The topological polar surface area (TPSA) is 109 Å². The third kappa shape index (κ3) is 4.98. The Labute approximate surface area is 244 Å². The predicted octanol–water partition coefficient (Wildman–Crippen LogP) is 5.27. The molecule has 1 fully saturated rings. The van der Waals surface area contributed by atoms with Crippen molar-refractivity contribution in [1.82, 2.24) is 4.98 Å². The highest BCUT2D eigenvalue weighted by atomic mass is 32.2. The van der Waals surface area contributed by atoms with Crippen LogP contribution in [0.2, 0.25) is 0 Å². The van der Waals surface area contributed by atoms with Crippen molar-refractivity contribution in [2.75, 3.05) is 16.8 Å². The largest absolute Gasteiger partial charge is 0.483 e. The number of imide groups is 1. The van der Waals surface area contributed by atoms with Crippen molar-refractivity contribution >= 4 is 52.2 Å². The van der Waals surface area contributed by atoms with E-state index in [1.807, 2.05) is 0 Å². The quantitative estimate of drug-likeness (QED) is 0.288. The molecule has 3 atom stereocenters. The maximum atomic E-state index is 13.9. The molecule has 42 heavy (non-hydrogen) atoms. The van der Waals surface area contributed by atoms with Crippen LogP contribution in [0.4, 0.5) is 24.5 Å². The Morgan fingerprint density at radius 3 is 2.38 bits per heavy atom. The van der Waals surface area contributed by atoms with Crippen molar-refractivity contribution < 1.29 is 32.3 Å². The molecule has 0 aliphatic carbocycles. The zero-order valence-corrected chi connectivity index (χ0v) is 23.0. The number of rotatable bonds is 6. The Kier molecular flexibility index (Phi) is 7.15. The van der Waals surface area contributed by atoms with E-state index in [4.69, 9.17) is 4.74 Å². The van der Waals surface area contributed by atoms with Crippen LogP contribution < -0.4 is 19.8 Å². The Morgan fingerprint density at radius 1 is 0.929 bits per heavy atom. The minimum Gasteiger partial charge on any atom is -0.483 e. The van der Waals surface area contributed by atoms with Gasteiger partial charge in [-0.05, 0) is 30.3 Å². The number of nitrogens with zero attached hydrogens (tertiary/aromatic N) is 1. The van der Waals surface area contributed by atoms with Crippen molar-refractivity contribution in [3.05, 3.63) is 105 Å². The zero-order valence-electron chi connectivity index (χ0n) is 21.4. The molecule has 6 rings (SSSR count). The lowest BCUT2D eigenvalue weighted by Crippen LogP contribution is -2.33. The SMILES string of the molecule is O=C(COc1ccccc1[C@H]1c2sc(=O)[nH]c2SC2C(=O)N(c3ccccc3C(F)(F)F)C(=O)C21)Nc1ccccc1. The maximum Gasteiger partial charge on any atom is 0.418 e. The van der Waals surface area contributed by atoms with Crippen molar-refractivity contribution in [3.8, 4) is 5.75 Å². The number of benzene rings is 3. The van der Waals surface area contributed by atoms with Gasteiger partial charge in [0.05, 0.1) is 22.2 Å². The van der Waals surface area contributed by atoms with Crippen LogP contribution >= 0.6 is 23.1 Å². The molecule has 3 heterocycles. The molecule has 2 unspecified atom stereocenters. The molecule has 1 aromatic heterocycles. The van der Waals surface area contributed by atoms with E-state index in [0.29, 0.717) is 26.1 Å². The molecule has 3 amide bonds. The Hall–Kier alpha value is -4.36. The molecule has 4 aromatic rings. The van der Waals surface area contributed by atoms with Crippen molar-refractivity contribution in [2.24, 2.45) is 5.92 Å². The molecule has 8 nitrogen and oxygen atoms in total. The van der Waals surface area contributed by atoms with Gasteiger partial charge >= 0.3 is 11.0 Å². The monoisotopic (exact) mass is 611 g/mol. The molecule has 0 spiro atoms. The van der Waals surface area contributed by atoms with E-state index in [2.05, 4.69) is 10.3 Å². The Balaban J connectivity index is 1.38. The first kappa shape index (κ1) is 27.8. The number of anilines is 2. The number of amides is 3. The van der Waals surface area contributed by atoms with Gasteiger partial charge in [-0.15, -0.1) is 0 Å². The summed E-state index contributed by atoms with van der Waals surface area (Å²) in [6, 6.07) is 19.8. The average molecular weight is 612 g/mol. The first-order valence-electron chi connectivity index (χ1n) is 12.6. The van der Waals surface area contributed by atoms with Crippen LogP contribution in [0, 0.1) is 5.92 Å². The van der Waals surface area contributed by atoms with Gasteiger partial charge in [-0.3, -0.25) is 19.2 Å². The van der Waals surface area contributed by atoms with Crippen LogP contribution in [0.15, 0.2) is 88.7 Å². The van der Waals surface area contributed by atoms with Gasteiger partial charge in [0.1, 0.15) is 11.0 Å². The van der Waals surface area contributed by atoms with E-state index in [9.17, 15) is 32.3 Å². The number of thioether (sulfide) groups is 1. The summed E-state index contributed by atoms with van der Waals surface area (Å²) in [5.41, 5.74) is -0.664. The van der Waals surface area contributed by atoms with Crippen LogP contribution in [0.25, 0.3) is 0 Å². The van der Waals surface area contributed by atoms with Crippen molar-refractivity contribution in [2.45, 2.75) is 22.4 Å². The summed E-state index contributed by atoms with van der Waals surface area (Å²) < 4.78 is 47.5. The number of H-pyrrole nitrogens is 1. The van der Waals surface area contributed by atoms with E-state index < -0.39 is 57.1 Å². The summed E-state index contributed by atoms with van der Waals surface area (Å²) in [5.74, 6) is -3.87. The van der Waals surface area contributed by atoms with Gasteiger partial charge in [-0.25, -0.2) is 4.90 Å². The van der Waals surface area contributed by atoms with Crippen LogP contribution in [0.5, 0.6) is 5.75 Å². The Morgan fingerprint density at radius 2 is 1.62 bits per heavy atom. The standard InChI is InChI=1S/C29H20F3N3O5S2/c30-29(31,32)17-11-5-6-12-18(17)35-26(37)22-21(23-25(34-28(39)42-23)41-24(22)27(35)38)16-10-4-7-13-19(16)40-14-20(36)33-15-8-2-1-3-9-15/h1-13,21-22,24H,14H2,(H,33,36)(H,34,39)/t21-,22?,24?/m1/s1. The number of aromatic nitrogens is 1. The number of aromatic amines is 1. The summed E-state index contributed by atoms with van der Waals surface area (Å²) in [6.45, 7) is -0.379. The van der Waals surface area contributed by atoms with Crippen LogP contribution in [0.3, 0.4) is 0 Å². The van der Waals surface area contributed by atoms with Gasteiger partial charge in [-0.2, -0.15) is 13.2 Å². The minimum absolute atomic E-state index is 0.234. The summed E-state index contributed by atoms with van der Waals surface area (Å²) >= 11 is 1.81. The number of carbonyl (C=O) groups excluding carboxylic acids is 3. The first-order chi connectivity index (χ1) is 20.1. The van der Waals surface area contributed by atoms with Gasteiger partial charge in [0.25, 0.3) is 5.91 Å². The fourth-order valence-electron chi connectivity index (χ4n) is 5.23. The van der Waals surface area contributed by atoms with E-state index in [1.165, 1.54) is 12.1 Å². The fraction of sp³-hybridized carbons (Fsp3) is 0.172. The summed E-state index contributed by atoms with van der Waals surface area (Å²) in [7, 11) is 0. The number of nitrogens with one attached hydrogen (secondary N) is 2. The van der Waals surface area contributed by atoms with E-state index in [-0.39, 0.29) is 12.4 Å². The highest BCUT2D eigenvalue weighted by molar-refractivity contribution is 8.00. The number of para-hydroxylation sites is 3. The first-order valence-corrected chi connectivity index (χ1v) is 14.3. The smallest absolute Gasteiger partial charge is 0.418 e. The second-order valence-corrected chi connectivity index (χ2v) is 11.7. The van der Waals surface area contributed by atoms with Gasteiger partial charge in [0, 0.05) is 22.0 Å². The third-order valence-corrected chi connectivity index (χ3v) is 9.35. The van der Waals surface area contributed by atoms with Gasteiger partial charge in [0.2, 0.25) is 11.8 Å². The number of halogens is 3. The number of carbonyl (C=O) groups is 3. The second-order valence-electron chi connectivity index (χ2n) is 9.52. The molecule has 2 aliphatic rings. The number of thiazole rings is 1. The second kappa shape index (κ2) is 10.8. The van der Waals surface area contributed by atoms with Gasteiger partial charge in [-0.1, -0.05) is 71.6 Å². The van der Waals surface area contributed by atoms with Gasteiger partial charge in [0.15, 0.2) is 6.61 Å². The fourth-order valence-corrected chi connectivity index (χ4v) is 7.73. The molecular formula is C29H20F3N3O5S2. The van der Waals surface area contributed by atoms with E-state index in [1.54, 1.807) is 54.6 Å². The number of hydrogen-bond donors (Lipinski definition) is 2. The Bertz CT molecular complexity index is 1750. The highest BCUT2D eigenvalue weighted by Gasteiger charge is 2.57. The lowest BCUT2D eigenvalue weighted by molar-refractivity contribution is -0.137. The lowest BCUT2D eigenvalue weighted by atomic mass is 9.82. The van der Waals surface area contributed by atoms with Crippen molar-refractivity contribution in [1.29, 1.82) is 0 Å². The van der Waals surface area contributed by atoms with Crippen LogP contribution in [-0.4, -0.2) is 34.6 Å². The summed E-state index contributed by atoms with van der Waals surface area (Å²) in [6.07, 6.45) is -4.80. The predicted molar refractivity (Wildman–Crippen MR) is 151 cm³/mol. The molecule has 2 aliphatic heterocycles. The lowest BCUT2D eigenvalue weighted by Gasteiger charge is -2.30. The average Bonchev–Trinajstić information content (AvgIpc) is 3.46. The number of alkyl halides is 3. The highest BCUT2D eigenvalue weighted by Crippen LogP contribution is 2.55. The van der Waals surface area contributed by atoms with Crippen LogP contribution in [0.1, 0.15) is 21.9 Å². The molecular weight excluding hydrogens is 591 g/mol. The number of hydrogen-bond acceptors (Lipinski definition) is 7. The summed E-state index contributed by atoms with van der Waals surface area (Å²) in [4.78, 5) is 55.9. The van der Waals surface area contributed by atoms with E-state index in [0.717, 1.165) is 35.2 Å². The normalized spacial score (nSPS) is 19.8. The minimum atomic E-state index is -4.80. The van der Waals surface area contributed by atoms with Crippen molar-refractivity contribution in [3.63, 3.8) is 0 Å². The number of ether oxygens (including phenoxy) is 1. The zero-order chi connectivity index (χ0) is 29.6. The number of fused-ring (bicyclic) bond motifs is 2. The molecule has 3 aromatic carbocycles. The van der Waals surface area contributed by atoms with E-state index >= 15 is 0 Å². The molecule has 2 N–H and O–H groups in total. The third-order valence-electron chi connectivity index (χ3n) is 6.94. The van der Waals surface area contributed by atoms with Gasteiger partial charge < -0.3 is 15.0 Å². The molecule has 0 radical (unpaired) electrons. The molecule has 1 saturated heterocycles. The van der Waals surface area contributed by atoms with Crippen LogP contribution in [-0.2, 0) is 20.6 Å². The maximum absolute atomic E-state index is 13.9. The molecule has 13 heteroatoms. The summed E-state index contributed by atoms with van der Waals surface area (Å²) in [5, 5.41) is 1.97. The molecule has 214 valence electrons.